The minimum absolute atomic E-state index is 0.00896. The highest BCUT2D eigenvalue weighted by atomic mass is 16.5. The first-order chi connectivity index (χ1) is 15.6. The van der Waals surface area contributed by atoms with Gasteiger partial charge in [0.15, 0.2) is 0 Å². The molecule has 1 spiro atoms. The SMILES string of the molecule is O=C(NCc1ccccn1)[C@H]1[C@H]2C=C[C@@]3(CN(CCc4c[nH]c5ccccc45)C(=O)[C@@H]13)O2. The Kier molecular flexibility index (Phi) is 4.40. The van der Waals surface area contributed by atoms with Gasteiger partial charge < -0.3 is 19.9 Å². The third-order valence-electron chi connectivity index (χ3n) is 6.98. The summed E-state index contributed by atoms with van der Waals surface area (Å²) in [6, 6.07) is 13.8. The van der Waals surface area contributed by atoms with Gasteiger partial charge in [-0.3, -0.25) is 14.6 Å². The second-order valence-corrected chi connectivity index (χ2v) is 8.81. The Labute approximate surface area is 185 Å². The predicted molar refractivity (Wildman–Crippen MR) is 118 cm³/mol. The van der Waals surface area contributed by atoms with E-state index in [-0.39, 0.29) is 17.9 Å². The number of hydrogen-bond acceptors (Lipinski definition) is 4. The largest absolute Gasteiger partial charge is 0.361 e. The average Bonchev–Trinajstić information content (AvgIpc) is 3.56. The number of ether oxygens (including phenoxy) is 1. The molecule has 0 radical (unpaired) electrons. The highest BCUT2D eigenvalue weighted by Gasteiger charge is 2.66. The summed E-state index contributed by atoms with van der Waals surface area (Å²) in [5, 5.41) is 4.14. The molecule has 2 fully saturated rings. The minimum Gasteiger partial charge on any atom is -0.361 e. The van der Waals surface area contributed by atoms with Crippen molar-refractivity contribution in [1.82, 2.24) is 20.2 Å². The molecule has 5 heterocycles. The standard InChI is InChI=1S/C25H24N4O3/c30-23(28-14-17-5-3-4-11-26-17)21-20-8-10-25(32-20)15-29(24(31)22(21)25)12-9-16-13-27-19-7-2-1-6-18(16)19/h1-8,10-11,13,20-22,27H,9,12,14-15H2,(H,28,30)/t20-,21+,22-,25+/m1/s1. The van der Waals surface area contributed by atoms with Crippen LogP contribution in [0, 0.1) is 11.8 Å². The molecule has 4 atom stereocenters. The van der Waals surface area contributed by atoms with Crippen LogP contribution in [0.25, 0.3) is 10.9 Å². The van der Waals surface area contributed by atoms with Crippen molar-refractivity contribution in [1.29, 1.82) is 0 Å². The lowest BCUT2D eigenvalue weighted by Gasteiger charge is -2.23. The van der Waals surface area contributed by atoms with Crippen LogP contribution in [-0.2, 0) is 27.3 Å². The number of likely N-dealkylation sites (tertiary alicyclic amines) is 1. The maximum absolute atomic E-state index is 13.4. The number of H-pyrrole nitrogens is 1. The van der Waals surface area contributed by atoms with Gasteiger partial charge in [0.2, 0.25) is 11.8 Å². The lowest BCUT2D eigenvalue weighted by molar-refractivity contribution is -0.137. The molecule has 2 saturated heterocycles. The van der Waals surface area contributed by atoms with Gasteiger partial charge >= 0.3 is 0 Å². The van der Waals surface area contributed by atoms with Crippen molar-refractivity contribution in [2.24, 2.45) is 11.8 Å². The molecule has 162 valence electrons. The lowest BCUT2D eigenvalue weighted by atomic mass is 9.77. The molecule has 2 amide bonds. The maximum atomic E-state index is 13.4. The zero-order valence-electron chi connectivity index (χ0n) is 17.5. The Hall–Kier alpha value is -3.45. The molecular formula is C25H24N4O3. The number of hydrogen-bond donors (Lipinski definition) is 2. The molecule has 0 saturated carbocycles. The summed E-state index contributed by atoms with van der Waals surface area (Å²) in [7, 11) is 0. The van der Waals surface area contributed by atoms with E-state index in [4.69, 9.17) is 4.74 Å². The van der Waals surface area contributed by atoms with E-state index in [9.17, 15) is 9.59 Å². The normalized spacial score (nSPS) is 27.9. The molecule has 1 aromatic carbocycles. The summed E-state index contributed by atoms with van der Waals surface area (Å²) in [6.45, 7) is 1.43. The number of aromatic nitrogens is 2. The van der Waals surface area contributed by atoms with Crippen molar-refractivity contribution >= 4 is 22.7 Å². The van der Waals surface area contributed by atoms with Crippen molar-refractivity contribution in [3.8, 4) is 0 Å². The first-order valence-electron chi connectivity index (χ1n) is 11.0. The Bertz CT molecular complexity index is 1220. The number of nitrogens with one attached hydrogen (secondary N) is 2. The summed E-state index contributed by atoms with van der Waals surface area (Å²) in [4.78, 5) is 35.9. The zero-order valence-corrected chi connectivity index (χ0v) is 17.5. The van der Waals surface area contributed by atoms with E-state index < -0.39 is 17.4 Å². The average molecular weight is 428 g/mol. The fraction of sp³-hybridized carbons (Fsp3) is 0.320. The topological polar surface area (TPSA) is 87.3 Å². The van der Waals surface area contributed by atoms with Gasteiger partial charge in [-0.2, -0.15) is 0 Å². The van der Waals surface area contributed by atoms with E-state index >= 15 is 0 Å². The molecule has 7 heteroatoms. The monoisotopic (exact) mass is 428 g/mol. The molecule has 2 bridgehead atoms. The molecule has 0 aliphatic carbocycles. The van der Waals surface area contributed by atoms with Crippen LogP contribution in [0.2, 0.25) is 0 Å². The highest BCUT2D eigenvalue weighted by molar-refractivity contribution is 5.93. The van der Waals surface area contributed by atoms with Gasteiger partial charge in [-0.05, 0) is 30.2 Å². The third-order valence-corrected chi connectivity index (χ3v) is 6.98. The van der Waals surface area contributed by atoms with Crippen LogP contribution >= 0.6 is 0 Å². The second kappa shape index (κ2) is 7.31. The van der Waals surface area contributed by atoms with E-state index in [1.54, 1.807) is 6.20 Å². The number of nitrogens with zero attached hydrogens (tertiary/aromatic N) is 2. The zero-order chi connectivity index (χ0) is 21.7. The van der Waals surface area contributed by atoms with Crippen LogP contribution in [0.3, 0.4) is 0 Å². The van der Waals surface area contributed by atoms with Crippen molar-refractivity contribution in [2.75, 3.05) is 13.1 Å². The number of para-hydroxylation sites is 1. The van der Waals surface area contributed by atoms with Crippen LogP contribution in [0.4, 0.5) is 0 Å². The van der Waals surface area contributed by atoms with Crippen LogP contribution in [-0.4, -0.2) is 51.5 Å². The molecular weight excluding hydrogens is 404 g/mol. The summed E-state index contributed by atoms with van der Waals surface area (Å²) in [5.41, 5.74) is 2.39. The summed E-state index contributed by atoms with van der Waals surface area (Å²) in [6.07, 6.45) is 8.06. The molecule has 2 N–H and O–H groups in total. The maximum Gasteiger partial charge on any atom is 0.230 e. The molecule has 32 heavy (non-hydrogen) atoms. The number of benzene rings is 1. The Morgan fingerprint density at radius 1 is 1.25 bits per heavy atom. The van der Waals surface area contributed by atoms with Crippen LogP contribution in [0.5, 0.6) is 0 Å². The van der Waals surface area contributed by atoms with Crippen LogP contribution < -0.4 is 5.32 Å². The molecule has 6 rings (SSSR count). The third kappa shape index (κ3) is 2.96. The molecule has 2 aromatic heterocycles. The molecule has 3 aromatic rings. The van der Waals surface area contributed by atoms with Gasteiger partial charge in [-0.15, -0.1) is 0 Å². The molecule has 3 aliphatic heterocycles. The fourth-order valence-electron chi connectivity index (χ4n) is 5.46. The summed E-state index contributed by atoms with van der Waals surface area (Å²) < 4.78 is 6.22. The van der Waals surface area contributed by atoms with E-state index in [1.165, 1.54) is 10.9 Å². The summed E-state index contributed by atoms with van der Waals surface area (Å²) >= 11 is 0. The van der Waals surface area contributed by atoms with Crippen LogP contribution in [0.15, 0.2) is 67.0 Å². The number of carbonyl (C=O) groups is 2. The van der Waals surface area contributed by atoms with Gasteiger partial charge in [-0.1, -0.05) is 36.4 Å². The van der Waals surface area contributed by atoms with Gasteiger partial charge in [0.05, 0.1) is 36.7 Å². The van der Waals surface area contributed by atoms with Gasteiger partial charge in [0.25, 0.3) is 0 Å². The van der Waals surface area contributed by atoms with E-state index in [1.807, 2.05) is 53.6 Å². The number of rotatable bonds is 6. The van der Waals surface area contributed by atoms with Crippen molar-refractivity contribution in [2.45, 2.75) is 24.7 Å². The van der Waals surface area contributed by atoms with Gasteiger partial charge in [0.1, 0.15) is 5.60 Å². The van der Waals surface area contributed by atoms with Gasteiger partial charge in [-0.25, -0.2) is 0 Å². The number of pyridine rings is 1. The molecule has 7 nitrogen and oxygen atoms in total. The van der Waals surface area contributed by atoms with Crippen molar-refractivity contribution < 1.29 is 14.3 Å². The Morgan fingerprint density at radius 3 is 3.00 bits per heavy atom. The number of carbonyl (C=O) groups excluding carboxylic acids is 2. The number of amides is 2. The second-order valence-electron chi connectivity index (χ2n) is 8.81. The molecule has 0 unspecified atom stereocenters. The number of fused-ring (bicyclic) bond motifs is 2. The van der Waals surface area contributed by atoms with Gasteiger partial charge in [0, 0.05) is 29.8 Å². The van der Waals surface area contributed by atoms with Crippen molar-refractivity contribution in [3.63, 3.8) is 0 Å². The number of aromatic amines is 1. The first-order valence-corrected chi connectivity index (χ1v) is 11.0. The van der Waals surface area contributed by atoms with Crippen LogP contribution in [0.1, 0.15) is 11.3 Å². The summed E-state index contributed by atoms with van der Waals surface area (Å²) in [5.74, 6) is -1.11. The highest BCUT2D eigenvalue weighted by Crippen LogP contribution is 2.51. The van der Waals surface area contributed by atoms with E-state index in [2.05, 4.69) is 27.4 Å². The van der Waals surface area contributed by atoms with E-state index in [0.29, 0.717) is 19.6 Å². The Balaban J connectivity index is 1.17. The quantitative estimate of drug-likeness (QED) is 0.590. The molecule has 3 aliphatic rings. The minimum atomic E-state index is -0.686. The van der Waals surface area contributed by atoms with Crippen molar-refractivity contribution in [3.05, 3.63) is 78.3 Å². The lowest BCUT2D eigenvalue weighted by Crippen LogP contribution is -2.44. The predicted octanol–water partition coefficient (Wildman–Crippen LogP) is 2.20. The van der Waals surface area contributed by atoms with E-state index in [0.717, 1.165) is 17.6 Å². The Morgan fingerprint density at radius 2 is 2.12 bits per heavy atom. The first kappa shape index (κ1) is 19.3. The fourth-order valence-corrected chi connectivity index (χ4v) is 5.46. The smallest absolute Gasteiger partial charge is 0.230 e.